The highest BCUT2D eigenvalue weighted by Crippen LogP contribution is 2.10. The molecule has 17 heavy (non-hydrogen) atoms. The van der Waals surface area contributed by atoms with Gasteiger partial charge in [-0.25, -0.2) is 15.8 Å². The molecule has 7 heteroatoms. The molecular formula is C10H19N7. The average molecular weight is 237 g/mol. The molecule has 1 aliphatic heterocycles. The molecule has 0 aliphatic carbocycles. The first kappa shape index (κ1) is 12.0. The first-order valence-electron chi connectivity index (χ1n) is 5.70. The number of aryl methyl sites for hydroxylation is 1. The number of hydrazine groups is 2. The van der Waals surface area contributed by atoms with Gasteiger partial charge in [-0.2, -0.15) is 4.98 Å². The maximum Gasteiger partial charge on any atom is 0.239 e. The minimum Gasteiger partial charge on any atom is -0.304 e. The van der Waals surface area contributed by atoms with Gasteiger partial charge in [0.05, 0.1) is 0 Å². The zero-order valence-electron chi connectivity index (χ0n) is 10.3. The third-order valence-corrected chi connectivity index (χ3v) is 2.76. The predicted octanol–water partition coefficient (Wildman–Crippen LogP) is -0.355. The maximum absolute atomic E-state index is 5.32. The summed E-state index contributed by atoms with van der Waals surface area (Å²) in [7, 11) is 2.13. The van der Waals surface area contributed by atoms with Crippen LogP contribution < -0.4 is 16.7 Å². The molecule has 0 aromatic carbocycles. The van der Waals surface area contributed by atoms with Gasteiger partial charge in [0.1, 0.15) is 5.82 Å². The second-order valence-corrected chi connectivity index (χ2v) is 4.26. The Balaban J connectivity index is 2.00. The van der Waals surface area contributed by atoms with E-state index in [1.54, 1.807) is 0 Å². The molecule has 0 saturated carbocycles. The third kappa shape index (κ3) is 3.26. The number of piperazine rings is 1. The first-order valence-corrected chi connectivity index (χ1v) is 5.70. The van der Waals surface area contributed by atoms with E-state index in [-0.39, 0.29) is 0 Å². The van der Waals surface area contributed by atoms with E-state index in [0.717, 1.165) is 37.7 Å². The average Bonchev–Trinajstić information content (AvgIpc) is 2.31. The summed E-state index contributed by atoms with van der Waals surface area (Å²) in [5.41, 5.74) is 6.62. The standard InChI is InChI=1S/C10H19N7/c1-8-7-9(13-10(12-8)14-11)15-17-5-3-16(2)4-6-17/h7H,3-6,11H2,1-2H3,(H2,12,13,14,15). The third-order valence-electron chi connectivity index (χ3n) is 2.76. The topological polar surface area (TPSA) is 82.3 Å². The number of rotatable bonds is 3. The van der Waals surface area contributed by atoms with E-state index < -0.39 is 0 Å². The fourth-order valence-corrected chi connectivity index (χ4v) is 1.77. The van der Waals surface area contributed by atoms with Crippen molar-refractivity contribution in [2.24, 2.45) is 5.84 Å². The summed E-state index contributed by atoms with van der Waals surface area (Å²) >= 11 is 0. The molecule has 2 rings (SSSR count). The van der Waals surface area contributed by atoms with Crippen molar-refractivity contribution in [2.45, 2.75) is 6.92 Å². The fourth-order valence-electron chi connectivity index (χ4n) is 1.77. The number of anilines is 2. The largest absolute Gasteiger partial charge is 0.304 e. The minimum atomic E-state index is 0.432. The molecule has 0 unspecified atom stereocenters. The van der Waals surface area contributed by atoms with E-state index in [4.69, 9.17) is 5.84 Å². The molecule has 7 nitrogen and oxygen atoms in total. The van der Waals surface area contributed by atoms with Crippen LogP contribution >= 0.6 is 0 Å². The highest BCUT2D eigenvalue weighted by Gasteiger charge is 2.14. The maximum atomic E-state index is 5.32. The molecule has 1 saturated heterocycles. The highest BCUT2D eigenvalue weighted by molar-refractivity contribution is 5.40. The first-order chi connectivity index (χ1) is 8.17. The van der Waals surface area contributed by atoms with Gasteiger partial charge in [-0.15, -0.1) is 0 Å². The van der Waals surface area contributed by atoms with Crippen LogP contribution in [0.1, 0.15) is 5.69 Å². The van der Waals surface area contributed by atoms with Crippen molar-refractivity contribution in [3.8, 4) is 0 Å². The number of nitrogens with one attached hydrogen (secondary N) is 2. The Hall–Kier alpha value is -1.44. The van der Waals surface area contributed by atoms with Gasteiger partial charge in [0.2, 0.25) is 5.95 Å². The van der Waals surface area contributed by atoms with Crippen molar-refractivity contribution in [2.75, 3.05) is 44.1 Å². The molecule has 0 spiro atoms. The summed E-state index contributed by atoms with van der Waals surface area (Å²) in [5, 5.41) is 2.15. The van der Waals surface area contributed by atoms with Crippen molar-refractivity contribution in [3.05, 3.63) is 11.8 Å². The van der Waals surface area contributed by atoms with Gasteiger partial charge in [0, 0.05) is 37.9 Å². The lowest BCUT2D eigenvalue weighted by atomic mass is 10.4. The molecule has 1 aromatic heterocycles. The molecule has 0 atom stereocenters. The Kier molecular flexibility index (Phi) is 3.72. The monoisotopic (exact) mass is 237 g/mol. The van der Waals surface area contributed by atoms with Crippen LogP contribution in [0.25, 0.3) is 0 Å². The molecule has 1 aliphatic rings. The molecule has 0 amide bonds. The molecule has 0 radical (unpaired) electrons. The summed E-state index contributed by atoms with van der Waals surface area (Å²) in [6.45, 7) is 5.98. The van der Waals surface area contributed by atoms with Crippen molar-refractivity contribution >= 4 is 11.8 Å². The molecule has 4 N–H and O–H groups in total. The summed E-state index contributed by atoms with van der Waals surface area (Å²) in [4.78, 5) is 10.7. The number of likely N-dealkylation sites (N-methyl/N-ethyl adjacent to an activating group) is 1. The normalized spacial score (nSPS) is 18.1. The van der Waals surface area contributed by atoms with Gasteiger partial charge >= 0.3 is 0 Å². The van der Waals surface area contributed by atoms with Crippen LogP contribution in [0, 0.1) is 6.92 Å². The number of hydrogen-bond donors (Lipinski definition) is 3. The van der Waals surface area contributed by atoms with Crippen LogP contribution in [-0.2, 0) is 0 Å². The number of aromatic nitrogens is 2. The van der Waals surface area contributed by atoms with Crippen LogP contribution in [0.4, 0.5) is 11.8 Å². The van der Waals surface area contributed by atoms with Crippen molar-refractivity contribution < 1.29 is 0 Å². The number of nitrogens with zero attached hydrogens (tertiary/aromatic N) is 4. The molecule has 1 fully saturated rings. The minimum absolute atomic E-state index is 0.432. The highest BCUT2D eigenvalue weighted by atomic mass is 15.5. The van der Waals surface area contributed by atoms with Crippen molar-refractivity contribution in [3.63, 3.8) is 0 Å². The lowest BCUT2D eigenvalue weighted by Gasteiger charge is -2.32. The van der Waals surface area contributed by atoms with Crippen molar-refractivity contribution in [1.29, 1.82) is 0 Å². The summed E-state index contributed by atoms with van der Waals surface area (Å²) in [5.74, 6) is 6.52. The Morgan fingerprint density at radius 2 is 1.94 bits per heavy atom. The predicted molar refractivity (Wildman–Crippen MR) is 67.3 cm³/mol. The summed E-state index contributed by atoms with van der Waals surface area (Å²) < 4.78 is 0. The molecule has 0 bridgehead atoms. The van der Waals surface area contributed by atoms with Crippen molar-refractivity contribution in [1.82, 2.24) is 19.9 Å². The van der Waals surface area contributed by atoms with Gasteiger partial charge < -0.3 is 10.3 Å². The second-order valence-electron chi connectivity index (χ2n) is 4.26. The van der Waals surface area contributed by atoms with Gasteiger partial charge in [-0.05, 0) is 14.0 Å². The van der Waals surface area contributed by atoms with E-state index in [1.165, 1.54) is 0 Å². The Morgan fingerprint density at radius 1 is 1.24 bits per heavy atom. The smallest absolute Gasteiger partial charge is 0.239 e. The second kappa shape index (κ2) is 5.26. The Bertz CT molecular complexity index is 373. The van der Waals surface area contributed by atoms with E-state index >= 15 is 0 Å². The molecular weight excluding hydrogens is 218 g/mol. The van der Waals surface area contributed by atoms with Crippen LogP contribution in [0.3, 0.4) is 0 Å². The van der Waals surface area contributed by atoms with Crippen LogP contribution in [0.15, 0.2) is 6.07 Å². The van der Waals surface area contributed by atoms with Gasteiger partial charge in [-0.1, -0.05) is 0 Å². The fraction of sp³-hybridized carbons (Fsp3) is 0.600. The van der Waals surface area contributed by atoms with Crippen LogP contribution in [-0.4, -0.2) is 53.1 Å². The Morgan fingerprint density at radius 3 is 2.59 bits per heavy atom. The van der Waals surface area contributed by atoms with E-state index in [0.29, 0.717) is 5.95 Å². The molecule has 2 heterocycles. The lowest BCUT2D eigenvalue weighted by molar-refractivity contribution is 0.178. The quantitative estimate of drug-likeness (QED) is 0.489. The lowest BCUT2D eigenvalue weighted by Crippen LogP contribution is -2.47. The van der Waals surface area contributed by atoms with E-state index in [1.807, 2.05) is 13.0 Å². The number of hydrogen-bond acceptors (Lipinski definition) is 7. The number of nitrogen functional groups attached to an aromatic ring is 1. The molecule has 1 aromatic rings. The zero-order valence-corrected chi connectivity index (χ0v) is 10.3. The Labute approximate surface area is 101 Å². The summed E-state index contributed by atoms with van der Waals surface area (Å²) in [6.07, 6.45) is 0. The van der Waals surface area contributed by atoms with E-state index in [9.17, 15) is 0 Å². The summed E-state index contributed by atoms with van der Waals surface area (Å²) in [6, 6.07) is 1.90. The van der Waals surface area contributed by atoms with Crippen LogP contribution in [0.2, 0.25) is 0 Å². The SMILES string of the molecule is Cc1cc(NN2CCN(C)CC2)nc(NN)n1. The zero-order chi connectivity index (χ0) is 12.3. The number of nitrogens with two attached hydrogens (primary N) is 1. The molecule has 94 valence electrons. The van der Waals surface area contributed by atoms with Gasteiger partial charge in [0.15, 0.2) is 0 Å². The van der Waals surface area contributed by atoms with Gasteiger partial charge in [0.25, 0.3) is 0 Å². The van der Waals surface area contributed by atoms with Gasteiger partial charge in [-0.3, -0.25) is 5.43 Å². The van der Waals surface area contributed by atoms with E-state index in [2.05, 4.69) is 37.8 Å². The van der Waals surface area contributed by atoms with Crippen LogP contribution in [0.5, 0.6) is 0 Å².